The third-order valence-corrected chi connectivity index (χ3v) is 3.49. The van der Waals surface area contributed by atoms with Gasteiger partial charge in [0.25, 0.3) is 0 Å². The summed E-state index contributed by atoms with van der Waals surface area (Å²) in [5.74, 6) is 0. The van der Waals surface area contributed by atoms with Crippen molar-refractivity contribution in [1.29, 1.82) is 0 Å². The minimum Gasteiger partial charge on any atom is -0.499 e. The number of rotatable bonds is 24. The van der Waals surface area contributed by atoms with Crippen molar-refractivity contribution in [2.45, 2.75) is 0 Å². The first-order valence-electron chi connectivity index (χ1n) is 9.45. The van der Waals surface area contributed by atoms with Gasteiger partial charge in [-0.15, -0.1) is 0 Å². The molecule has 8 nitrogen and oxygen atoms in total. The first-order valence-corrected chi connectivity index (χ1v) is 9.45. The fourth-order valence-electron chi connectivity index (χ4n) is 2.17. The normalized spacial score (nSPS) is 10.8. The molecule has 0 spiro atoms. The van der Waals surface area contributed by atoms with Gasteiger partial charge in [-0.3, -0.25) is 0 Å². The van der Waals surface area contributed by atoms with Gasteiger partial charge in [-0.05, 0) is 0 Å². The van der Waals surface area contributed by atoms with Gasteiger partial charge >= 0.3 is 0 Å². The molecule has 168 valence electrons. The molecule has 0 unspecified atom stereocenters. The Morgan fingerprint density at radius 3 is 0.862 bits per heavy atom. The van der Waals surface area contributed by atoms with Gasteiger partial charge in [0.05, 0.1) is 83.3 Å². The van der Waals surface area contributed by atoms with Gasteiger partial charge in [0.1, 0.15) is 26.4 Å². The molecule has 0 N–H and O–H groups in total. The minimum atomic E-state index is -0.523. The molecule has 0 radical (unpaired) electrons. The Morgan fingerprint density at radius 1 is 0.414 bits per heavy atom. The van der Waals surface area contributed by atoms with Crippen LogP contribution >= 0.6 is 0 Å². The topological polar surface area (TPSA) is 73.8 Å². The number of hydrogen-bond donors (Lipinski definition) is 0. The van der Waals surface area contributed by atoms with Crippen molar-refractivity contribution in [3.63, 3.8) is 0 Å². The van der Waals surface area contributed by atoms with Crippen LogP contribution in [0.5, 0.6) is 0 Å². The van der Waals surface area contributed by atoms with E-state index in [0.717, 1.165) is 0 Å². The van der Waals surface area contributed by atoms with E-state index in [-0.39, 0.29) is 0 Å². The van der Waals surface area contributed by atoms with Crippen LogP contribution < -0.4 is 0 Å². The van der Waals surface area contributed by atoms with Crippen molar-refractivity contribution in [3.05, 3.63) is 51.4 Å². The molecule has 0 rings (SSSR count). The van der Waals surface area contributed by atoms with Crippen molar-refractivity contribution in [1.82, 2.24) is 0 Å². The van der Waals surface area contributed by atoms with E-state index in [1.165, 1.54) is 25.0 Å². The van der Waals surface area contributed by atoms with Crippen molar-refractivity contribution < 1.29 is 37.9 Å². The van der Waals surface area contributed by atoms with Gasteiger partial charge in [0.15, 0.2) is 0 Å². The highest BCUT2D eigenvalue weighted by atomic mass is 16.6. The summed E-state index contributed by atoms with van der Waals surface area (Å²) in [6.07, 6.45) is 5.52. The Bertz CT molecular complexity index is 336. The molecule has 0 atom stereocenters. The van der Waals surface area contributed by atoms with Crippen molar-refractivity contribution in [2.24, 2.45) is 5.41 Å². The van der Waals surface area contributed by atoms with Crippen LogP contribution in [0.4, 0.5) is 0 Å². The second kappa shape index (κ2) is 20.7. The molecule has 0 amide bonds. The summed E-state index contributed by atoms with van der Waals surface area (Å²) in [6.45, 7) is 18.8. The summed E-state index contributed by atoms with van der Waals surface area (Å²) in [5.41, 5.74) is -0.523. The lowest BCUT2D eigenvalue weighted by Gasteiger charge is -2.33. The monoisotopic (exact) mass is 416 g/mol. The largest absolute Gasteiger partial charge is 0.499 e. The Labute approximate surface area is 174 Å². The smallest absolute Gasteiger partial charge is 0.111 e. The first kappa shape index (κ1) is 27.0. The Balaban J connectivity index is 4.76. The summed E-state index contributed by atoms with van der Waals surface area (Å²) in [4.78, 5) is 0. The molecule has 0 aromatic rings. The van der Waals surface area contributed by atoms with Crippen molar-refractivity contribution >= 4 is 0 Å². The third kappa shape index (κ3) is 16.6. The molecule has 8 heteroatoms. The molecular formula is C21H36O8. The lowest BCUT2D eigenvalue weighted by molar-refractivity contribution is -0.116. The second-order valence-corrected chi connectivity index (χ2v) is 5.86. The van der Waals surface area contributed by atoms with E-state index >= 15 is 0 Å². The summed E-state index contributed by atoms with van der Waals surface area (Å²) >= 11 is 0. The average molecular weight is 417 g/mol. The molecule has 0 aromatic heterocycles. The Morgan fingerprint density at radius 2 is 0.655 bits per heavy atom. The summed E-state index contributed by atoms with van der Waals surface area (Å²) in [6, 6.07) is 0. The number of ether oxygens (including phenoxy) is 8. The molecule has 0 aliphatic rings. The lowest BCUT2D eigenvalue weighted by atomic mass is 9.92. The van der Waals surface area contributed by atoms with E-state index in [1.54, 1.807) is 0 Å². The van der Waals surface area contributed by atoms with Crippen LogP contribution in [0.25, 0.3) is 0 Å². The van der Waals surface area contributed by atoms with Crippen LogP contribution in [0.2, 0.25) is 0 Å². The zero-order chi connectivity index (χ0) is 21.5. The maximum atomic E-state index is 5.78. The number of hydrogen-bond acceptors (Lipinski definition) is 8. The second-order valence-electron chi connectivity index (χ2n) is 5.86. The minimum absolute atomic E-state index is 0.362. The lowest BCUT2D eigenvalue weighted by Crippen LogP contribution is -2.42. The van der Waals surface area contributed by atoms with E-state index < -0.39 is 5.41 Å². The van der Waals surface area contributed by atoms with E-state index in [1.807, 2.05) is 0 Å². The fourth-order valence-corrected chi connectivity index (χ4v) is 2.17. The van der Waals surface area contributed by atoms with Crippen LogP contribution in [0.3, 0.4) is 0 Å². The van der Waals surface area contributed by atoms with E-state index in [0.29, 0.717) is 79.3 Å². The third-order valence-electron chi connectivity index (χ3n) is 3.49. The summed E-state index contributed by atoms with van der Waals surface area (Å²) in [5, 5.41) is 0. The quantitative estimate of drug-likeness (QED) is 0.176. The predicted molar refractivity (Wildman–Crippen MR) is 110 cm³/mol. The molecule has 0 aliphatic heterocycles. The maximum Gasteiger partial charge on any atom is 0.111 e. The van der Waals surface area contributed by atoms with Gasteiger partial charge in [0, 0.05) is 0 Å². The zero-order valence-corrected chi connectivity index (χ0v) is 17.4. The molecule has 0 bridgehead atoms. The zero-order valence-electron chi connectivity index (χ0n) is 17.4. The van der Waals surface area contributed by atoms with Crippen LogP contribution in [0, 0.1) is 5.41 Å². The summed E-state index contributed by atoms with van der Waals surface area (Å²) in [7, 11) is 0. The van der Waals surface area contributed by atoms with Gasteiger partial charge in [-0.25, -0.2) is 0 Å². The Hall–Kier alpha value is -2.00. The highest BCUT2D eigenvalue weighted by Crippen LogP contribution is 2.21. The van der Waals surface area contributed by atoms with Gasteiger partial charge < -0.3 is 37.9 Å². The Kier molecular flexibility index (Phi) is 19.3. The standard InChI is InChI=1S/C21H36O8/c1-5-22-9-13-26-17-21(18-27-14-10-23-6-2,19-28-15-11-24-7-3)20-29-16-12-25-8-4/h5-8H,1-4,9-20H2. The maximum absolute atomic E-state index is 5.78. The van der Waals surface area contributed by atoms with Gasteiger partial charge in [-0.1, -0.05) is 26.3 Å². The van der Waals surface area contributed by atoms with E-state index in [9.17, 15) is 0 Å². The molecule has 0 heterocycles. The van der Waals surface area contributed by atoms with Crippen LogP contribution in [0.15, 0.2) is 51.4 Å². The molecule has 0 saturated heterocycles. The molecule has 0 aliphatic carbocycles. The van der Waals surface area contributed by atoms with Gasteiger partial charge in [-0.2, -0.15) is 0 Å². The highest BCUT2D eigenvalue weighted by Gasteiger charge is 2.32. The summed E-state index contributed by atoms with van der Waals surface area (Å²) < 4.78 is 43.5. The fraction of sp³-hybridized carbons (Fsp3) is 0.619. The first-order chi connectivity index (χ1) is 14.2. The molecule has 0 saturated carbocycles. The molecule has 0 aromatic carbocycles. The molecular weight excluding hydrogens is 380 g/mol. The van der Waals surface area contributed by atoms with Crippen LogP contribution in [-0.4, -0.2) is 79.3 Å². The van der Waals surface area contributed by atoms with Crippen LogP contribution in [-0.2, 0) is 37.9 Å². The van der Waals surface area contributed by atoms with Crippen LogP contribution in [0.1, 0.15) is 0 Å². The highest BCUT2D eigenvalue weighted by molar-refractivity contribution is 4.79. The van der Waals surface area contributed by atoms with E-state index in [2.05, 4.69) is 26.3 Å². The van der Waals surface area contributed by atoms with Crippen molar-refractivity contribution in [3.8, 4) is 0 Å². The average Bonchev–Trinajstić information content (AvgIpc) is 2.73. The molecule has 29 heavy (non-hydrogen) atoms. The SMILES string of the molecule is C=COCCOCC(COCCOC=C)(COCCOC=C)COCCOC=C. The van der Waals surface area contributed by atoms with E-state index in [4.69, 9.17) is 37.9 Å². The molecule has 0 fully saturated rings. The van der Waals surface area contributed by atoms with Crippen molar-refractivity contribution in [2.75, 3.05) is 79.3 Å². The van der Waals surface area contributed by atoms with Gasteiger partial charge in [0.2, 0.25) is 0 Å². The predicted octanol–water partition coefficient (Wildman–Crippen LogP) is 2.68.